The summed E-state index contributed by atoms with van der Waals surface area (Å²) in [6, 6.07) is 9.30. The second kappa shape index (κ2) is 26.6. The van der Waals surface area contributed by atoms with Crippen LogP contribution in [-0.4, -0.2) is 92.5 Å². The van der Waals surface area contributed by atoms with Gasteiger partial charge in [-0.2, -0.15) is 17.3 Å². The number of allylic oxidation sites excluding steroid dienone is 8. The molecule has 2 heterocycles. The Balaban J connectivity index is 0.00000961. The Hall–Kier alpha value is 0.740. The zero-order valence-electron chi connectivity index (χ0n) is 36.6. The fourth-order valence-electron chi connectivity index (χ4n) is 7.15. The van der Waals surface area contributed by atoms with Crippen molar-refractivity contribution in [2.24, 2.45) is 0 Å². The molecular formula is C37H45N2Na4O15S5+. The summed E-state index contributed by atoms with van der Waals surface area (Å²) in [4.78, 5) is 1.97. The van der Waals surface area contributed by atoms with Gasteiger partial charge < -0.3 is 23.8 Å². The zero-order chi connectivity index (χ0) is 44.0. The fourth-order valence-corrected chi connectivity index (χ4v) is 9.65. The van der Waals surface area contributed by atoms with Crippen LogP contribution in [0.15, 0.2) is 93.9 Å². The number of fused-ring (bicyclic) bond motifs is 2. The van der Waals surface area contributed by atoms with E-state index in [0.29, 0.717) is 40.4 Å². The van der Waals surface area contributed by atoms with Gasteiger partial charge >= 0.3 is 118 Å². The van der Waals surface area contributed by atoms with Crippen molar-refractivity contribution >= 4 is 69.6 Å². The van der Waals surface area contributed by atoms with E-state index in [1.54, 1.807) is 56.4 Å². The van der Waals surface area contributed by atoms with Gasteiger partial charge in [-0.3, -0.25) is 9.59 Å². The van der Waals surface area contributed by atoms with Gasteiger partial charge in [0.05, 0.1) is 48.3 Å². The third-order valence-electron chi connectivity index (χ3n) is 10.0. The predicted molar refractivity (Wildman–Crippen MR) is 215 cm³/mol. The Kier molecular flexibility index (Phi) is 27.0. The monoisotopic (exact) mass is 1010 g/mol. The van der Waals surface area contributed by atoms with E-state index in [9.17, 15) is 57.1 Å². The average Bonchev–Trinajstić information content (AvgIpc) is 3.45. The van der Waals surface area contributed by atoms with Crippen molar-refractivity contribution in [3.63, 3.8) is 0 Å². The molecule has 17 nitrogen and oxygen atoms in total. The second-order valence-electron chi connectivity index (χ2n) is 15.0. The summed E-state index contributed by atoms with van der Waals surface area (Å²) < 4.78 is 143. The molecule has 2 aliphatic heterocycles. The molecule has 0 bridgehead atoms. The van der Waals surface area contributed by atoms with Crippen LogP contribution in [-0.2, 0) is 60.7 Å². The molecule has 0 saturated carbocycles. The number of hydrogen-bond acceptors (Lipinski definition) is 16. The van der Waals surface area contributed by atoms with E-state index in [0.717, 1.165) is 29.0 Å². The van der Waals surface area contributed by atoms with E-state index in [4.69, 9.17) is 0 Å². The molecule has 2 aromatic carbocycles. The van der Waals surface area contributed by atoms with Crippen molar-refractivity contribution in [1.82, 2.24) is 0 Å². The summed E-state index contributed by atoms with van der Waals surface area (Å²) in [5.74, 6) is -1.71. The molecule has 0 radical (unpaired) electrons. The van der Waals surface area contributed by atoms with E-state index < -0.39 is 73.5 Å². The molecule has 0 fully saturated rings. The summed E-state index contributed by atoms with van der Waals surface area (Å²) in [6.07, 6.45) is 10.8. The van der Waals surface area contributed by atoms with Crippen LogP contribution in [0.4, 0.5) is 11.4 Å². The number of benzene rings is 2. The maximum Gasteiger partial charge on any atom is 1.00 e. The normalized spacial score (nSPS) is 16.7. The molecule has 0 atom stereocenters. The number of anilines is 1. The fraction of sp³-hybridized carbons (Fsp3) is 0.432. The van der Waals surface area contributed by atoms with Crippen LogP contribution >= 0.6 is 12.0 Å². The van der Waals surface area contributed by atoms with Gasteiger partial charge in [0.2, 0.25) is 5.69 Å². The zero-order valence-corrected chi connectivity index (χ0v) is 48.7. The van der Waals surface area contributed by atoms with Crippen LogP contribution in [0.3, 0.4) is 0 Å². The van der Waals surface area contributed by atoms with Crippen LogP contribution in [0, 0.1) is 0 Å². The molecule has 326 valence electrons. The molecule has 0 amide bonds. The summed E-state index contributed by atoms with van der Waals surface area (Å²) >= 11 is 0.719. The molecule has 2 aromatic rings. The molecule has 2 aliphatic rings. The van der Waals surface area contributed by atoms with Crippen molar-refractivity contribution in [2.45, 2.75) is 80.4 Å². The number of rotatable bonds is 21. The van der Waals surface area contributed by atoms with Gasteiger partial charge in [-0.05, 0) is 87.1 Å². The maximum absolute atomic E-state index is 11.9. The van der Waals surface area contributed by atoms with Crippen molar-refractivity contribution in [3.8, 4) is 0 Å². The quantitative estimate of drug-likeness (QED) is 0.0178. The SMILES string of the molecule is CC1(C)C(C=CC=C(C=C/C=C2/N(CCCCS(=O)(=O)[O-])c3ccc(S(=O)(=O)[O-])cc3C2(C)C)CCS(=O)(=O)[O-])=[N+](CCCCS(=O)(=O)O)c2ccc(SOO[O-])cc21.[Na+].[Na+].[Na+].[Na+]. The van der Waals surface area contributed by atoms with Crippen LogP contribution in [0.5, 0.6) is 0 Å². The first-order chi connectivity index (χ1) is 27.2. The van der Waals surface area contributed by atoms with Crippen molar-refractivity contribution in [3.05, 3.63) is 95.3 Å². The molecule has 0 aromatic heterocycles. The van der Waals surface area contributed by atoms with Crippen LogP contribution in [0.25, 0.3) is 0 Å². The minimum absolute atomic E-state index is 0. The molecule has 0 saturated heterocycles. The van der Waals surface area contributed by atoms with Crippen molar-refractivity contribution in [2.75, 3.05) is 35.2 Å². The number of unbranched alkanes of at least 4 members (excludes halogenated alkanes) is 2. The molecule has 1 N–H and O–H groups in total. The molecular weight excluding hydrogens is 965 g/mol. The standard InChI is InChI=1S/C37H48N2O15S5.4Na/c1-36(2)30-25-28(55-54-53-40)15-17-32(30)38(20-5-7-22-56(41,42)43)34(36)13-9-11-27(19-24-58(47,48)49)12-10-14-35-37(3,4)31-26-29(59(50,51)52)16-18-33(31)39(35)21-6-8-23-57(44,45)46;;;;/h9-18,25-26H,5-8,19-24H2,1-4H3,(H4-,40,41,42,43,44,45,46,47,48,49,50,51,52);;;;/q;4*+1/p-3. The summed E-state index contributed by atoms with van der Waals surface area (Å²) in [6.45, 7) is 8.10. The van der Waals surface area contributed by atoms with E-state index in [1.807, 2.05) is 35.5 Å². The summed E-state index contributed by atoms with van der Waals surface area (Å²) in [5.41, 5.74) is 3.00. The Labute approximate surface area is 463 Å². The van der Waals surface area contributed by atoms with Crippen LogP contribution in [0.2, 0.25) is 0 Å². The van der Waals surface area contributed by atoms with E-state index in [2.05, 4.69) is 9.37 Å². The number of nitrogens with zero attached hydrogens (tertiary/aromatic N) is 2. The third kappa shape index (κ3) is 18.9. The van der Waals surface area contributed by atoms with E-state index in [-0.39, 0.29) is 150 Å². The Morgan fingerprint density at radius 3 is 2.02 bits per heavy atom. The van der Waals surface area contributed by atoms with Gasteiger partial charge in [0, 0.05) is 63.9 Å². The Morgan fingerprint density at radius 1 is 0.794 bits per heavy atom. The van der Waals surface area contributed by atoms with Gasteiger partial charge in [0.1, 0.15) is 16.7 Å². The predicted octanol–water partition coefficient (Wildman–Crippen LogP) is -8.14. The number of hydrogen-bond donors (Lipinski definition) is 1. The van der Waals surface area contributed by atoms with E-state index in [1.165, 1.54) is 18.2 Å². The van der Waals surface area contributed by atoms with Gasteiger partial charge in [0.25, 0.3) is 10.1 Å². The Bertz CT molecular complexity index is 2530. The first-order valence-electron chi connectivity index (χ1n) is 18.1. The van der Waals surface area contributed by atoms with Gasteiger partial charge in [0.15, 0.2) is 5.71 Å². The molecule has 63 heavy (non-hydrogen) atoms. The van der Waals surface area contributed by atoms with Crippen molar-refractivity contribution in [1.29, 1.82) is 0 Å². The maximum atomic E-state index is 11.9. The topological polar surface area (TPSA) is 274 Å². The van der Waals surface area contributed by atoms with Crippen LogP contribution in [0.1, 0.15) is 70.9 Å². The molecule has 4 rings (SSSR count). The molecule has 0 unspecified atom stereocenters. The second-order valence-corrected chi connectivity index (χ2v) is 21.7. The van der Waals surface area contributed by atoms with Crippen LogP contribution < -0.4 is 128 Å². The van der Waals surface area contributed by atoms with Gasteiger partial charge in [-0.1, -0.05) is 38.2 Å². The molecule has 0 aliphatic carbocycles. The smallest absolute Gasteiger partial charge is 0.748 e. The van der Waals surface area contributed by atoms with Crippen molar-refractivity contribution < 1.29 is 189 Å². The first kappa shape index (κ1) is 63.7. The Morgan fingerprint density at radius 2 is 1.43 bits per heavy atom. The minimum Gasteiger partial charge on any atom is -0.748 e. The first-order valence-corrected chi connectivity index (χ1v) is 25.0. The largest absolute Gasteiger partial charge is 1.00 e. The molecule has 0 spiro atoms. The third-order valence-corrected chi connectivity index (χ3v) is 13.7. The summed E-state index contributed by atoms with van der Waals surface area (Å²) in [5, 5.41) is 13.9. The molecule has 26 heteroatoms. The average molecular weight is 1010 g/mol. The van der Waals surface area contributed by atoms with Gasteiger partial charge in [-0.15, -0.1) is 0 Å². The summed E-state index contributed by atoms with van der Waals surface area (Å²) in [7, 11) is -18.1. The minimum atomic E-state index is -4.80. The van der Waals surface area contributed by atoms with E-state index >= 15 is 0 Å². The van der Waals surface area contributed by atoms with Gasteiger partial charge in [-0.25, -0.2) is 25.3 Å².